The fourth-order valence-electron chi connectivity index (χ4n) is 4.56. The number of hydrogen-bond donors (Lipinski definition) is 2. The van der Waals surface area contributed by atoms with Gasteiger partial charge < -0.3 is 25.3 Å². The highest BCUT2D eigenvalue weighted by Crippen LogP contribution is 2.28. The number of thiophene rings is 1. The van der Waals surface area contributed by atoms with Gasteiger partial charge in [-0.25, -0.2) is 4.79 Å². The van der Waals surface area contributed by atoms with E-state index in [-0.39, 0.29) is 23.4 Å². The topological polar surface area (TPSA) is 85.0 Å². The molecule has 206 valence electrons. The third-order valence-corrected chi connectivity index (χ3v) is 7.31. The molecule has 3 aromatic rings. The van der Waals surface area contributed by atoms with Crippen molar-refractivity contribution in [2.45, 2.75) is 39.3 Å². The molecule has 0 spiro atoms. The van der Waals surface area contributed by atoms with Crippen LogP contribution in [0.15, 0.2) is 66.0 Å². The molecular formula is C30H37N5O3S. The fraction of sp³-hybridized carbons (Fsp3) is 0.367. The monoisotopic (exact) mass is 547 g/mol. The summed E-state index contributed by atoms with van der Waals surface area (Å²) in [6.45, 7) is 8.87. The minimum Gasteiger partial charge on any atom is -0.369 e. The molecule has 2 heterocycles. The first-order valence-corrected chi connectivity index (χ1v) is 14.1. The maximum atomic E-state index is 13.8. The normalized spacial score (nSPS) is 13.9. The Bertz CT molecular complexity index is 1290. The van der Waals surface area contributed by atoms with Crippen LogP contribution >= 0.6 is 11.3 Å². The van der Waals surface area contributed by atoms with Gasteiger partial charge in [0.05, 0.1) is 10.4 Å². The van der Waals surface area contributed by atoms with Gasteiger partial charge in [0.2, 0.25) is 0 Å². The number of nitrogens with one attached hydrogen (secondary N) is 2. The van der Waals surface area contributed by atoms with Crippen molar-refractivity contribution in [2.24, 2.45) is 0 Å². The Morgan fingerprint density at radius 3 is 2.41 bits per heavy atom. The molecule has 1 fully saturated rings. The number of hydrogen-bond acceptors (Lipinski definition) is 5. The van der Waals surface area contributed by atoms with E-state index in [1.54, 1.807) is 24.1 Å². The summed E-state index contributed by atoms with van der Waals surface area (Å²) < 4.78 is 0. The quantitative estimate of drug-likeness (QED) is 0.439. The zero-order chi connectivity index (χ0) is 28.0. The van der Waals surface area contributed by atoms with Crippen LogP contribution in [0.1, 0.15) is 52.8 Å². The van der Waals surface area contributed by atoms with Crippen LogP contribution in [0.2, 0.25) is 0 Å². The molecule has 4 rings (SSSR count). The average molecular weight is 548 g/mol. The minimum absolute atomic E-state index is 0.0742. The summed E-state index contributed by atoms with van der Waals surface area (Å²) in [5, 5.41) is 7.84. The molecule has 2 aromatic carbocycles. The molecule has 9 heteroatoms. The SMILES string of the molecule is CN(Cc1ccccc1)C(=O)c1cc(NC(=O)c2cccs2)ccc1N1CCCN(C(=O)NC(C)(C)C)CC1. The molecule has 0 saturated carbocycles. The van der Waals surface area contributed by atoms with Gasteiger partial charge in [-0.3, -0.25) is 9.59 Å². The smallest absolute Gasteiger partial charge is 0.317 e. The molecule has 1 aliphatic rings. The van der Waals surface area contributed by atoms with E-state index >= 15 is 0 Å². The van der Waals surface area contributed by atoms with Crippen molar-refractivity contribution < 1.29 is 14.4 Å². The van der Waals surface area contributed by atoms with E-state index < -0.39 is 0 Å². The van der Waals surface area contributed by atoms with Crippen molar-refractivity contribution >= 4 is 40.6 Å². The molecule has 4 amide bonds. The number of anilines is 2. The summed E-state index contributed by atoms with van der Waals surface area (Å²) in [5.41, 5.74) is 2.61. The number of carbonyl (C=O) groups is 3. The Balaban J connectivity index is 1.58. The first-order valence-electron chi connectivity index (χ1n) is 13.2. The lowest BCUT2D eigenvalue weighted by atomic mass is 10.1. The molecule has 1 saturated heterocycles. The number of urea groups is 1. The van der Waals surface area contributed by atoms with Crippen LogP contribution in [0.3, 0.4) is 0 Å². The third kappa shape index (κ3) is 7.60. The van der Waals surface area contributed by atoms with Gasteiger partial charge >= 0.3 is 6.03 Å². The predicted octanol–water partition coefficient (Wildman–Crippen LogP) is 5.29. The Labute approximate surface area is 234 Å². The van der Waals surface area contributed by atoms with Gasteiger partial charge in [-0.15, -0.1) is 11.3 Å². The van der Waals surface area contributed by atoms with Crippen molar-refractivity contribution in [1.29, 1.82) is 0 Å². The first kappa shape index (κ1) is 28.2. The van der Waals surface area contributed by atoms with E-state index in [2.05, 4.69) is 15.5 Å². The van der Waals surface area contributed by atoms with Crippen molar-refractivity contribution in [2.75, 3.05) is 43.4 Å². The van der Waals surface area contributed by atoms with E-state index in [1.165, 1.54) is 11.3 Å². The Morgan fingerprint density at radius 2 is 1.72 bits per heavy atom. The van der Waals surface area contributed by atoms with Crippen molar-refractivity contribution in [1.82, 2.24) is 15.1 Å². The van der Waals surface area contributed by atoms with E-state index in [0.29, 0.717) is 48.9 Å². The number of benzene rings is 2. The fourth-order valence-corrected chi connectivity index (χ4v) is 5.18. The van der Waals surface area contributed by atoms with Gasteiger partial charge in [0.15, 0.2) is 0 Å². The van der Waals surface area contributed by atoms with Crippen molar-refractivity contribution in [3.63, 3.8) is 0 Å². The molecule has 39 heavy (non-hydrogen) atoms. The predicted molar refractivity (Wildman–Crippen MR) is 158 cm³/mol. The Kier molecular flexibility index (Phi) is 8.91. The van der Waals surface area contributed by atoms with Crippen molar-refractivity contribution in [3.8, 4) is 0 Å². The third-order valence-electron chi connectivity index (χ3n) is 6.44. The van der Waals surface area contributed by atoms with Gasteiger partial charge in [0.1, 0.15) is 0 Å². The summed E-state index contributed by atoms with van der Waals surface area (Å²) in [5.74, 6) is -0.336. The number of nitrogens with zero attached hydrogens (tertiary/aromatic N) is 3. The van der Waals surface area contributed by atoms with E-state index in [0.717, 1.165) is 17.7 Å². The standard InChI is InChI=1S/C30H37N5O3S/c1-30(2,3)32-29(38)35-16-9-15-34(17-18-35)25-14-13-23(31-27(36)26-12-8-19-39-26)20-24(25)28(37)33(4)21-22-10-6-5-7-11-22/h5-8,10-14,19-20H,9,15-18,21H2,1-4H3,(H,31,36)(H,32,38). The summed E-state index contributed by atoms with van der Waals surface area (Å²) >= 11 is 1.37. The Hall–Kier alpha value is -3.85. The lowest BCUT2D eigenvalue weighted by Crippen LogP contribution is -2.49. The molecule has 0 bridgehead atoms. The van der Waals surface area contributed by atoms with Crippen LogP contribution in [0.25, 0.3) is 0 Å². The number of amides is 4. The summed E-state index contributed by atoms with van der Waals surface area (Å²) in [4.78, 5) is 45.6. The van der Waals surface area contributed by atoms with Gasteiger partial charge in [-0.1, -0.05) is 36.4 Å². The van der Waals surface area contributed by atoms with Crippen LogP contribution in [0.4, 0.5) is 16.2 Å². The number of rotatable bonds is 6. The number of carbonyl (C=O) groups excluding carboxylic acids is 3. The second kappa shape index (κ2) is 12.3. The molecule has 0 atom stereocenters. The molecule has 1 aliphatic heterocycles. The highest BCUT2D eigenvalue weighted by molar-refractivity contribution is 7.12. The zero-order valence-electron chi connectivity index (χ0n) is 23.1. The lowest BCUT2D eigenvalue weighted by Gasteiger charge is -2.29. The van der Waals surface area contributed by atoms with E-state index in [1.807, 2.05) is 79.6 Å². The van der Waals surface area contributed by atoms with E-state index in [9.17, 15) is 14.4 Å². The molecule has 0 aliphatic carbocycles. The molecule has 0 unspecified atom stereocenters. The zero-order valence-corrected chi connectivity index (χ0v) is 23.9. The molecule has 1 aromatic heterocycles. The van der Waals surface area contributed by atoms with Crippen LogP contribution < -0.4 is 15.5 Å². The summed E-state index contributed by atoms with van der Waals surface area (Å²) in [7, 11) is 1.79. The van der Waals surface area contributed by atoms with Gasteiger partial charge in [-0.05, 0) is 62.4 Å². The molecule has 2 N–H and O–H groups in total. The highest BCUT2D eigenvalue weighted by Gasteiger charge is 2.26. The van der Waals surface area contributed by atoms with Crippen LogP contribution in [0, 0.1) is 0 Å². The second-order valence-corrected chi connectivity index (χ2v) is 11.8. The molecule has 0 radical (unpaired) electrons. The van der Waals surface area contributed by atoms with E-state index in [4.69, 9.17) is 0 Å². The average Bonchev–Trinajstić information content (AvgIpc) is 3.33. The highest BCUT2D eigenvalue weighted by atomic mass is 32.1. The summed E-state index contributed by atoms with van der Waals surface area (Å²) in [6, 6.07) is 18.9. The minimum atomic E-state index is -0.310. The van der Waals surface area contributed by atoms with Crippen LogP contribution in [-0.2, 0) is 6.54 Å². The summed E-state index contributed by atoms with van der Waals surface area (Å²) in [6.07, 6.45) is 0.780. The van der Waals surface area contributed by atoms with Gasteiger partial charge in [-0.2, -0.15) is 0 Å². The molecule has 8 nitrogen and oxygen atoms in total. The van der Waals surface area contributed by atoms with Crippen molar-refractivity contribution in [3.05, 3.63) is 82.0 Å². The maximum absolute atomic E-state index is 13.8. The van der Waals surface area contributed by atoms with Gasteiger partial charge in [0.25, 0.3) is 11.8 Å². The second-order valence-electron chi connectivity index (χ2n) is 10.8. The Morgan fingerprint density at radius 1 is 0.949 bits per heavy atom. The maximum Gasteiger partial charge on any atom is 0.317 e. The van der Waals surface area contributed by atoms with Crippen LogP contribution in [0.5, 0.6) is 0 Å². The van der Waals surface area contributed by atoms with Gasteiger partial charge in [0, 0.05) is 56.7 Å². The molecular weight excluding hydrogens is 510 g/mol. The van der Waals surface area contributed by atoms with Crippen LogP contribution in [-0.4, -0.2) is 66.4 Å². The lowest BCUT2D eigenvalue weighted by molar-refractivity contribution is 0.0785. The largest absolute Gasteiger partial charge is 0.369 e. The first-order chi connectivity index (χ1) is 18.6.